The summed E-state index contributed by atoms with van der Waals surface area (Å²) in [7, 11) is 2.13. The average Bonchev–Trinajstić information content (AvgIpc) is 2.48. The van der Waals surface area contributed by atoms with E-state index in [2.05, 4.69) is 16.8 Å². The highest BCUT2D eigenvalue weighted by Crippen LogP contribution is 2.23. The van der Waals surface area contributed by atoms with Gasteiger partial charge in [-0.25, -0.2) is 0 Å². The smallest absolute Gasteiger partial charge is 0.105 e. The maximum atomic E-state index is 10.0. The van der Waals surface area contributed by atoms with Crippen LogP contribution in [-0.2, 0) is 0 Å². The molecule has 0 aromatic heterocycles. The van der Waals surface area contributed by atoms with E-state index in [0.29, 0.717) is 13.0 Å². The Kier molecular flexibility index (Phi) is 5.37. The van der Waals surface area contributed by atoms with Gasteiger partial charge in [0.05, 0.1) is 6.10 Å². The molecule has 1 aromatic rings. The van der Waals surface area contributed by atoms with Gasteiger partial charge in [0.2, 0.25) is 0 Å². The molecule has 1 fully saturated rings. The molecule has 2 rings (SSSR count). The Morgan fingerprint density at radius 2 is 1.70 bits per heavy atom. The van der Waals surface area contributed by atoms with Gasteiger partial charge in [-0.05, 0) is 37.7 Å². The molecule has 0 saturated carbocycles. The van der Waals surface area contributed by atoms with E-state index in [4.69, 9.17) is 5.73 Å². The van der Waals surface area contributed by atoms with Crippen LogP contribution in [0.15, 0.2) is 24.3 Å². The first-order valence-electron chi connectivity index (χ1n) is 7.21. The zero-order chi connectivity index (χ0) is 14.5. The number of likely N-dealkylation sites (N-methyl/N-ethyl adjacent to an activating group) is 1. The number of hydrogen-bond donors (Lipinski definition) is 3. The highest BCUT2D eigenvalue weighted by molar-refractivity contribution is 5.48. The number of piperazine rings is 1. The Morgan fingerprint density at radius 3 is 2.25 bits per heavy atom. The van der Waals surface area contributed by atoms with E-state index < -0.39 is 12.2 Å². The molecule has 112 valence electrons. The van der Waals surface area contributed by atoms with E-state index in [1.807, 2.05) is 24.3 Å². The van der Waals surface area contributed by atoms with E-state index in [9.17, 15) is 10.2 Å². The van der Waals surface area contributed by atoms with E-state index in [1.54, 1.807) is 0 Å². The SMILES string of the molecule is CN1CCN(c2ccc(C(O)C(O)CCN)cc2)CC1. The van der Waals surface area contributed by atoms with Gasteiger partial charge in [0.15, 0.2) is 0 Å². The monoisotopic (exact) mass is 279 g/mol. The fourth-order valence-corrected chi connectivity index (χ4v) is 2.50. The molecule has 2 unspecified atom stereocenters. The largest absolute Gasteiger partial charge is 0.390 e. The van der Waals surface area contributed by atoms with Crippen LogP contribution in [0, 0.1) is 0 Å². The van der Waals surface area contributed by atoms with Crippen LogP contribution in [-0.4, -0.2) is 61.0 Å². The van der Waals surface area contributed by atoms with Gasteiger partial charge in [-0.15, -0.1) is 0 Å². The van der Waals surface area contributed by atoms with Gasteiger partial charge in [0.25, 0.3) is 0 Å². The van der Waals surface area contributed by atoms with Crippen LogP contribution in [0.5, 0.6) is 0 Å². The van der Waals surface area contributed by atoms with Crippen molar-refractivity contribution in [3.8, 4) is 0 Å². The van der Waals surface area contributed by atoms with Crippen LogP contribution in [0.4, 0.5) is 5.69 Å². The van der Waals surface area contributed by atoms with Gasteiger partial charge < -0.3 is 25.7 Å². The lowest BCUT2D eigenvalue weighted by atomic mass is 10.0. The molecule has 1 aliphatic heterocycles. The highest BCUT2D eigenvalue weighted by atomic mass is 16.3. The molecular formula is C15H25N3O2. The normalized spacial score (nSPS) is 19.9. The fourth-order valence-electron chi connectivity index (χ4n) is 2.50. The molecule has 1 aromatic carbocycles. The lowest BCUT2D eigenvalue weighted by Gasteiger charge is -2.34. The molecule has 2 atom stereocenters. The molecule has 0 amide bonds. The zero-order valence-electron chi connectivity index (χ0n) is 12.1. The number of aliphatic hydroxyl groups is 2. The lowest BCUT2D eigenvalue weighted by molar-refractivity contribution is 0.0150. The van der Waals surface area contributed by atoms with Crippen molar-refractivity contribution >= 4 is 5.69 Å². The minimum atomic E-state index is -0.861. The van der Waals surface area contributed by atoms with Gasteiger partial charge >= 0.3 is 0 Å². The second kappa shape index (κ2) is 7.04. The molecule has 1 aliphatic rings. The highest BCUT2D eigenvalue weighted by Gasteiger charge is 2.18. The molecule has 4 N–H and O–H groups in total. The molecule has 0 bridgehead atoms. The maximum absolute atomic E-state index is 10.0. The maximum Gasteiger partial charge on any atom is 0.105 e. The van der Waals surface area contributed by atoms with Crippen molar-refractivity contribution in [3.05, 3.63) is 29.8 Å². The van der Waals surface area contributed by atoms with Crippen molar-refractivity contribution < 1.29 is 10.2 Å². The first kappa shape index (κ1) is 15.3. The van der Waals surface area contributed by atoms with Gasteiger partial charge in [0, 0.05) is 31.9 Å². The molecule has 1 saturated heterocycles. The quantitative estimate of drug-likeness (QED) is 0.717. The van der Waals surface area contributed by atoms with Crippen molar-refractivity contribution in [2.24, 2.45) is 5.73 Å². The second-order valence-corrected chi connectivity index (χ2v) is 5.47. The van der Waals surface area contributed by atoms with Crippen molar-refractivity contribution in [2.45, 2.75) is 18.6 Å². The van der Waals surface area contributed by atoms with Crippen LogP contribution in [0.3, 0.4) is 0 Å². The number of benzene rings is 1. The van der Waals surface area contributed by atoms with Crippen molar-refractivity contribution in [1.29, 1.82) is 0 Å². The minimum Gasteiger partial charge on any atom is -0.390 e. The number of hydrogen-bond acceptors (Lipinski definition) is 5. The standard InChI is InChI=1S/C15H25N3O2/c1-17-8-10-18(11-9-17)13-4-2-12(3-5-13)15(20)14(19)6-7-16/h2-5,14-15,19-20H,6-11,16H2,1H3. The lowest BCUT2D eigenvalue weighted by Crippen LogP contribution is -2.44. The Morgan fingerprint density at radius 1 is 1.10 bits per heavy atom. The first-order chi connectivity index (χ1) is 9.61. The summed E-state index contributed by atoms with van der Waals surface area (Å²) in [5.74, 6) is 0. The van der Waals surface area contributed by atoms with E-state index in [1.165, 1.54) is 5.69 Å². The van der Waals surface area contributed by atoms with E-state index in [0.717, 1.165) is 31.7 Å². The van der Waals surface area contributed by atoms with Crippen LogP contribution < -0.4 is 10.6 Å². The Labute approximate surface area is 120 Å². The Bertz CT molecular complexity index is 381. The summed E-state index contributed by atoms with van der Waals surface area (Å²) >= 11 is 0. The Hall–Kier alpha value is -1.14. The summed E-state index contributed by atoms with van der Waals surface area (Å²) < 4.78 is 0. The summed E-state index contributed by atoms with van der Waals surface area (Å²) in [4.78, 5) is 4.66. The minimum absolute atomic E-state index is 0.373. The molecule has 5 nitrogen and oxygen atoms in total. The molecule has 5 heteroatoms. The summed E-state index contributed by atoms with van der Waals surface area (Å²) in [5, 5.41) is 19.8. The summed E-state index contributed by atoms with van der Waals surface area (Å²) in [6.07, 6.45) is -1.25. The Balaban J connectivity index is 1.99. The average molecular weight is 279 g/mol. The summed E-state index contributed by atoms with van der Waals surface area (Å²) in [6, 6.07) is 7.80. The summed E-state index contributed by atoms with van der Waals surface area (Å²) in [5.41, 5.74) is 7.30. The van der Waals surface area contributed by atoms with Crippen LogP contribution >= 0.6 is 0 Å². The predicted molar refractivity (Wildman–Crippen MR) is 80.8 cm³/mol. The van der Waals surface area contributed by atoms with Gasteiger partial charge in [-0.3, -0.25) is 0 Å². The third-order valence-corrected chi connectivity index (χ3v) is 3.93. The zero-order valence-corrected chi connectivity index (χ0v) is 12.1. The molecular weight excluding hydrogens is 254 g/mol. The second-order valence-electron chi connectivity index (χ2n) is 5.47. The number of aliphatic hydroxyl groups excluding tert-OH is 2. The number of nitrogens with zero attached hydrogens (tertiary/aromatic N) is 2. The predicted octanol–water partition coefficient (Wildman–Crippen LogP) is 0.181. The van der Waals surface area contributed by atoms with Crippen molar-refractivity contribution in [2.75, 3.05) is 44.7 Å². The molecule has 0 spiro atoms. The van der Waals surface area contributed by atoms with Gasteiger partial charge in [-0.2, -0.15) is 0 Å². The van der Waals surface area contributed by atoms with Crippen molar-refractivity contribution in [1.82, 2.24) is 4.90 Å². The van der Waals surface area contributed by atoms with Crippen LogP contribution in [0.25, 0.3) is 0 Å². The molecule has 20 heavy (non-hydrogen) atoms. The van der Waals surface area contributed by atoms with Crippen LogP contribution in [0.2, 0.25) is 0 Å². The molecule has 0 radical (unpaired) electrons. The third-order valence-electron chi connectivity index (χ3n) is 3.93. The number of nitrogens with two attached hydrogens (primary N) is 1. The first-order valence-corrected chi connectivity index (χ1v) is 7.21. The number of anilines is 1. The third kappa shape index (κ3) is 3.70. The van der Waals surface area contributed by atoms with Gasteiger partial charge in [0.1, 0.15) is 6.10 Å². The fraction of sp³-hybridized carbons (Fsp3) is 0.600. The summed E-state index contributed by atoms with van der Waals surface area (Å²) in [6.45, 7) is 4.55. The van der Waals surface area contributed by atoms with E-state index in [-0.39, 0.29) is 0 Å². The van der Waals surface area contributed by atoms with Gasteiger partial charge in [-0.1, -0.05) is 12.1 Å². The van der Waals surface area contributed by atoms with E-state index >= 15 is 0 Å². The van der Waals surface area contributed by atoms with Crippen LogP contribution in [0.1, 0.15) is 18.1 Å². The molecule has 0 aliphatic carbocycles. The molecule has 1 heterocycles. The number of rotatable bonds is 5. The topological polar surface area (TPSA) is 73.0 Å². The van der Waals surface area contributed by atoms with Crippen molar-refractivity contribution in [3.63, 3.8) is 0 Å².